The molecule has 10 nitrogen and oxygen atoms in total. The van der Waals surface area contributed by atoms with Crippen LogP contribution < -0.4 is 24.3 Å². The second-order valence-corrected chi connectivity index (χ2v) is 8.94. The molecule has 2 aromatic heterocycles. The summed E-state index contributed by atoms with van der Waals surface area (Å²) in [7, 11) is 7.80. The minimum absolute atomic E-state index is 0.227. The number of thiazole rings is 1. The summed E-state index contributed by atoms with van der Waals surface area (Å²) < 4.78 is 34.7. The summed E-state index contributed by atoms with van der Waals surface area (Å²) in [6, 6.07) is 3.73. The van der Waals surface area contributed by atoms with Gasteiger partial charge in [-0.1, -0.05) is 11.3 Å². The molecule has 3 aromatic rings. The van der Waals surface area contributed by atoms with E-state index in [2.05, 4.69) is 10.4 Å². The number of fused-ring (bicyclic) bond motifs is 1. The smallest absolute Gasteiger partial charge is 0.412 e. The number of hydrogen-bond donors (Lipinski definition) is 1. The van der Waals surface area contributed by atoms with Crippen molar-refractivity contribution in [3.63, 3.8) is 0 Å². The first-order valence-electron chi connectivity index (χ1n) is 10.0. The van der Waals surface area contributed by atoms with Gasteiger partial charge in [-0.3, -0.25) is 5.32 Å². The van der Waals surface area contributed by atoms with Crippen LogP contribution in [-0.2, 0) is 16.1 Å². The second kappa shape index (κ2) is 9.75. The molecule has 11 heteroatoms. The first-order chi connectivity index (χ1) is 15.7. The fourth-order valence-corrected chi connectivity index (χ4v) is 4.31. The van der Waals surface area contributed by atoms with E-state index in [9.17, 15) is 4.79 Å². The van der Waals surface area contributed by atoms with E-state index in [4.69, 9.17) is 28.4 Å². The second-order valence-electron chi connectivity index (χ2n) is 7.98. The van der Waals surface area contributed by atoms with Crippen molar-refractivity contribution in [2.75, 3.05) is 40.9 Å². The van der Waals surface area contributed by atoms with Gasteiger partial charge in [0.2, 0.25) is 5.06 Å². The molecule has 0 unspecified atom stereocenters. The van der Waals surface area contributed by atoms with Crippen LogP contribution in [0.5, 0.6) is 22.4 Å². The molecular formula is C22H29N3O7S. The number of hydrogen-bond acceptors (Lipinski definition) is 9. The predicted octanol–water partition coefficient (Wildman–Crippen LogP) is 4.59. The molecule has 3 rings (SSSR count). The van der Waals surface area contributed by atoms with Crippen LogP contribution in [0.1, 0.15) is 26.3 Å². The number of anilines is 1. The van der Waals surface area contributed by atoms with Crippen molar-refractivity contribution in [2.45, 2.75) is 33.0 Å². The first kappa shape index (κ1) is 24.5. The van der Waals surface area contributed by atoms with Gasteiger partial charge >= 0.3 is 6.09 Å². The molecular weight excluding hydrogens is 450 g/mol. The predicted molar refractivity (Wildman–Crippen MR) is 125 cm³/mol. The van der Waals surface area contributed by atoms with Gasteiger partial charge in [0.1, 0.15) is 28.5 Å². The standard InChI is InChI=1S/C22H29N3O7S/c1-22(2,3)32-21(26)23-16-18(30-7)24-25-17(20(31-8)33-19(16)25)15-13(28-5)9-12(11-27-4)10-14(15)29-6/h9-10H,11H2,1-8H3,(H,23,26). The van der Waals surface area contributed by atoms with Gasteiger partial charge in [-0.2, -0.15) is 0 Å². The number of aromatic nitrogens is 2. The Kier molecular flexibility index (Phi) is 7.23. The number of benzene rings is 1. The Morgan fingerprint density at radius 2 is 1.67 bits per heavy atom. The molecule has 180 valence electrons. The van der Waals surface area contributed by atoms with Gasteiger partial charge in [0.05, 0.1) is 40.6 Å². The van der Waals surface area contributed by atoms with E-state index in [1.165, 1.54) is 18.4 Å². The quantitative estimate of drug-likeness (QED) is 0.501. The number of carbonyl (C=O) groups is 1. The molecule has 0 aliphatic carbocycles. The molecule has 0 saturated heterocycles. The van der Waals surface area contributed by atoms with Crippen molar-refractivity contribution < 1.29 is 33.2 Å². The van der Waals surface area contributed by atoms with E-state index in [0.717, 1.165) is 5.56 Å². The average Bonchev–Trinajstić information content (AvgIpc) is 3.27. The van der Waals surface area contributed by atoms with Crippen LogP contribution in [0.4, 0.5) is 10.5 Å². The lowest BCUT2D eigenvalue weighted by Gasteiger charge is -2.19. The van der Waals surface area contributed by atoms with Crippen molar-refractivity contribution in [1.82, 2.24) is 9.61 Å². The highest BCUT2D eigenvalue weighted by Crippen LogP contribution is 2.49. The number of ether oxygens (including phenoxy) is 6. The molecule has 33 heavy (non-hydrogen) atoms. The van der Waals surface area contributed by atoms with Crippen molar-refractivity contribution in [3.05, 3.63) is 17.7 Å². The maximum Gasteiger partial charge on any atom is 0.412 e. The summed E-state index contributed by atoms with van der Waals surface area (Å²) in [4.78, 5) is 13.1. The van der Waals surface area contributed by atoms with E-state index in [-0.39, 0.29) is 5.88 Å². The van der Waals surface area contributed by atoms with Crippen molar-refractivity contribution in [3.8, 4) is 33.7 Å². The van der Waals surface area contributed by atoms with Crippen LogP contribution in [-0.4, -0.2) is 56.9 Å². The highest BCUT2D eigenvalue weighted by molar-refractivity contribution is 7.20. The molecule has 2 heterocycles. The van der Waals surface area contributed by atoms with E-state index in [1.54, 1.807) is 53.7 Å². The Bertz CT molecular complexity index is 1120. The number of carbonyl (C=O) groups excluding carboxylic acids is 1. The zero-order valence-corrected chi connectivity index (χ0v) is 20.8. The zero-order valence-electron chi connectivity index (χ0n) is 20.0. The molecule has 1 N–H and O–H groups in total. The lowest BCUT2D eigenvalue weighted by Crippen LogP contribution is -2.27. The molecule has 0 spiro atoms. The maximum absolute atomic E-state index is 12.5. The molecule has 0 aliphatic rings. The Morgan fingerprint density at radius 1 is 1.03 bits per heavy atom. The normalized spacial score (nSPS) is 11.4. The topological polar surface area (TPSA) is 102 Å². The SMILES string of the molecule is COCc1cc(OC)c(-c2c(OC)sc3c(NC(=O)OC(C)(C)C)c(OC)nn23)c(OC)c1. The number of nitrogens with zero attached hydrogens (tertiary/aromatic N) is 2. The summed E-state index contributed by atoms with van der Waals surface area (Å²) in [5.41, 5.74) is 1.82. The van der Waals surface area contributed by atoms with Crippen LogP contribution in [0, 0.1) is 0 Å². The Labute approximate surface area is 196 Å². The molecule has 0 radical (unpaired) electrons. The van der Waals surface area contributed by atoms with Gasteiger partial charge in [0, 0.05) is 7.11 Å². The number of nitrogens with one attached hydrogen (secondary N) is 1. The summed E-state index contributed by atoms with van der Waals surface area (Å²) in [5, 5.41) is 7.85. The van der Waals surface area contributed by atoms with E-state index < -0.39 is 11.7 Å². The third-order valence-electron chi connectivity index (χ3n) is 4.52. The van der Waals surface area contributed by atoms with Crippen LogP contribution in [0.2, 0.25) is 0 Å². The lowest BCUT2D eigenvalue weighted by atomic mass is 10.1. The van der Waals surface area contributed by atoms with E-state index in [1.807, 2.05) is 12.1 Å². The molecule has 1 aromatic carbocycles. The molecule has 0 bridgehead atoms. The maximum atomic E-state index is 12.5. The van der Waals surface area contributed by atoms with E-state index >= 15 is 0 Å². The van der Waals surface area contributed by atoms with E-state index in [0.29, 0.717) is 44.9 Å². The average molecular weight is 480 g/mol. The molecule has 1 amide bonds. The third-order valence-corrected chi connectivity index (χ3v) is 5.64. The van der Waals surface area contributed by atoms with Crippen LogP contribution in [0.25, 0.3) is 16.1 Å². The Morgan fingerprint density at radius 3 is 2.15 bits per heavy atom. The lowest BCUT2D eigenvalue weighted by molar-refractivity contribution is 0.0635. The zero-order chi connectivity index (χ0) is 24.3. The number of methoxy groups -OCH3 is 5. The van der Waals surface area contributed by atoms with Crippen molar-refractivity contribution in [2.24, 2.45) is 0 Å². The summed E-state index contributed by atoms with van der Waals surface area (Å²) >= 11 is 1.29. The van der Waals surface area contributed by atoms with Crippen LogP contribution >= 0.6 is 11.3 Å². The largest absolute Gasteiger partial charge is 0.496 e. The highest BCUT2D eigenvalue weighted by atomic mass is 32.1. The molecule has 0 fully saturated rings. The highest BCUT2D eigenvalue weighted by Gasteiger charge is 2.29. The van der Waals surface area contributed by atoms with Crippen LogP contribution in [0.3, 0.4) is 0 Å². The molecule has 0 saturated carbocycles. The van der Waals surface area contributed by atoms with Crippen molar-refractivity contribution in [1.29, 1.82) is 0 Å². The monoisotopic (exact) mass is 479 g/mol. The van der Waals surface area contributed by atoms with Gasteiger partial charge in [-0.15, -0.1) is 5.10 Å². The molecule has 0 aliphatic heterocycles. The fourth-order valence-electron chi connectivity index (χ4n) is 3.30. The minimum atomic E-state index is -0.660. The van der Waals surface area contributed by atoms with Gasteiger partial charge in [0.15, 0.2) is 4.83 Å². The summed E-state index contributed by atoms with van der Waals surface area (Å²) in [5.74, 6) is 1.33. The number of amides is 1. The number of rotatable bonds is 8. The molecule has 0 atom stereocenters. The fraction of sp³-hybridized carbons (Fsp3) is 0.455. The third kappa shape index (κ3) is 4.93. The van der Waals surface area contributed by atoms with Gasteiger partial charge in [0.25, 0.3) is 5.88 Å². The summed E-state index contributed by atoms with van der Waals surface area (Å²) in [6.07, 6.45) is -0.622. The van der Waals surface area contributed by atoms with Gasteiger partial charge in [-0.25, -0.2) is 9.31 Å². The van der Waals surface area contributed by atoms with Crippen LogP contribution in [0.15, 0.2) is 12.1 Å². The minimum Gasteiger partial charge on any atom is -0.496 e. The Balaban J connectivity index is 2.23. The van der Waals surface area contributed by atoms with Gasteiger partial charge in [-0.05, 0) is 38.5 Å². The summed E-state index contributed by atoms with van der Waals surface area (Å²) in [6.45, 7) is 5.75. The first-order valence-corrected chi connectivity index (χ1v) is 10.9. The van der Waals surface area contributed by atoms with Crippen molar-refractivity contribution >= 4 is 27.9 Å². The van der Waals surface area contributed by atoms with Gasteiger partial charge < -0.3 is 28.4 Å². The Hall–Kier alpha value is -3.18.